The van der Waals surface area contributed by atoms with Gasteiger partial charge in [0, 0.05) is 5.56 Å². The molecule has 0 bridgehead atoms. The Morgan fingerprint density at radius 1 is 0.757 bits per heavy atom. The van der Waals surface area contributed by atoms with Crippen molar-refractivity contribution >= 4 is 11.9 Å². The van der Waals surface area contributed by atoms with Crippen molar-refractivity contribution in [2.45, 2.75) is 37.0 Å². The second-order valence-corrected chi connectivity index (χ2v) is 8.49. The van der Waals surface area contributed by atoms with E-state index in [1.165, 1.54) is 6.26 Å². The topological polar surface area (TPSA) is 89.5 Å². The Hall–Kier alpha value is -3.98. The molecular formula is C29H26O8. The zero-order chi connectivity index (χ0) is 25.6. The van der Waals surface area contributed by atoms with Gasteiger partial charge in [0.15, 0.2) is 12.4 Å². The van der Waals surface area contributed by atoms with E-state index < -0.39 is 48.9 Å². The van der Waals surface area contributed by atoms with Crippen molar-refractivity contribution in [2.24, 2.45) is 0 Å². The van der Waals surface area contributed by atoms with Crippen molar-refractivity contribution in [3.05, 3.63) is 121 Å². The van der Waals surface area contributed by atoms with E-state index in [9.17, 15) is 9.59 Å². The largest absolute Gasteiger partial charge is 0.469 e. The second-order valence-electron chi connectivity index (χ2n) is 8.49. The van der Waals surface area contributed by atoms with Gasteiger partial charge in [-0.2, -0.15) is 0 Å². The van der Waals surface area contributed by atoms with E-state index >= 15 is 0 Å². The van der Waals surface area contributed by atoms with Crippen LogP contribution in [-0.4, -0.2) is 49.3 Å². The lowest BCUT2D eigenvalue weighted by Gasteiger charge is -2.47. The summed E-state index contributed by atoms with van der Waals surface area (Å²) >= 11 is 0. The monoisotopic (exact) mass is 502 g/mol. The van der Waals surface area contributed by atoms with Crippen LogP contribution in [0.25, 0.3) is 0 Å². The Labute approximate surface area is 214 Å². The van der Waals surface area contributed by atoms with Crippen molar-refractivity contribution in [1.82, 2.24) is 0 Å². The number of hydrogen-bond donors (Lipinski definition) is 0. The van der Waals surface area contributed by atoms with Crippen LogP contribution in [0.2, 0.25) is 0 Å². The second kappa shape index (κ2) is 11.4. The third-order valence-corrected chi connectivity index (χ3v) is 6.09. The molecule has 8 nitrogen and oxygen atoms in total. The van der Waals surface area contributed by atoms with Crippen LogP contribution in [0.15, 0.2) is 104 Å². The molecule has 0 aliphatic carbocycles. The molecule has 0 saturated carbocycles. The van der Waals surface area contributed by atoms with Gasteiger partial charge in [0.25, 0.3) is 0 Å². The number of fused-ring (bicyclic) bond motifs is 1. The molecule has 0 spiro atoms. The summed E-state index contributed by atoms with van der Waals surface area (Å²) in [6.07, 6.45) is -4.36. The van der Waals surface area contributed by atoms with Crippen LogP contribution in [0.5, 0.6) is 0 Å². The zero-order valence-electron chi connectivity index (χ0n) is 19.9. The predicted molar refractivity (Wildman–Crippen MR) is 131 cm³/mol. The minimum atomic E-state index is -1.16. The number of benzene rings is 3. The summed E-state index contributed by atoms with van der Waals surface area (Å²) in [6.45, 7) is 3.74. The van der Waals surface area contributed by atoms with E-state index in [1.54, 1.807) is 60.7 Å². The summed E-state index contributed by atoms with van der Waals surface area (Å²) in [6, 6.07) is 26.4. The van der Waals surface area contributed by atoms with Crippen molar-refractivity contribution in [3.63, 3.8) is 0 Å². The summed E-state index contributed by atoms with van der Waals surface area (Å²) in [5, 5.41) is 0. The van der Waals surface area contributed by atoms with Crippen molar-refractivity contribution < 1.29 is 38.0 Å². The van der Waals surface area contributed by atoms with E-state index in [0.717, 1.165) is 5.56 Å². The smallest absolute Gasteiger partial charge is 0.338 e. The Bertz CT molecular complexity index is 1200. The summed E-state index contributed by atoms with van der Waals surface area (Å²) in [5.74, 6) is -1.23. The Morgan fingerprint density at radius 3 is 1.86 bits per heavy atom. The first-order chi connectivity index (χ1) is 18.1. The lowest BCUT2D eigenvalue weighted by molar-refractivity contribution is -0.353. The summed E-state index contributed by atoms with van der Waals surface area (Å²) < 4.78 is 35.6. The maximum atomic E-state index is 13.2. The summed E-state index contributed by atoms with van der Waals surface area (Å²) in [7, 11) is 0. The zero-order valence-corrected chi connectivity index (χ0v) is 19.9. The lowest BCUT2D eigenvalue weighted by Crippen LogP contribution is -2.64. The molecule has 0 N–H and O–H groups in total. The molecule has 3 aromatic carbocycles. The van der Waals surface area contributed by atoms with Crippen LogP contribution >= 0.6 is 0 Å². The number of ether oxygens (including phenoxy) is 6. The van der Waals surface area contributed by atoms with Gasteiger partial charge in [-0.25, -0.2) is 9.59 Å². The summed E-state index contributed by atoms with van der Waals surface area (Å²) in [4.78, 5) is 26.2. The molecule has 2 saturated heterocycles. The molecule has 6 atom stereocenters. The molecule has 0 amide bonds. The molecular weight excluding hydrogens is 476 g/mol. The Balaban J connectivity index is 1.47. The van der Waals surface area contributed by atoms with Gasteiger partial charge in [-0.1, -0.05) is 73.3 Å². The fourth-order valence-electron chi connectivity index (χ4n) is 4.32. The van der Waals surface area contributed by atoms with Crippen molar-refractivity contribution in [1.29, 1.82) is 0 Å². The van der Waals surface area contributed by atoms with Gasteiger partial charge in [0.05, 0.1) is 24.0 Å². The van der Waals surface area contributed by atoms with E-state index in [-0.39, 0.29) is 6.61 Å². The fourth-order valence-corrected chi connectivity index (χ4v) is 4.32. The van der Waals surface area contributed by atoms with Gasteiger partial charge in [-0.15, -0.1) is 0 Å². The molecule has 190 valence electrons. The minimum absolute atomic E-state index is 0.139. The lowest BCUT2D eigenvalue weighted by atomic mass is 9.97. The average molecular weight is 503 g/mol. The molecule has 2 heterocycles. The van der Waals surface area contributed by atoms with Gasteiger partial charge in [-0.3, -0.25) is 0 Å². The first-order valence-electron chi connectivity index (χ1n) is 11.9. The molecule has 0 unspecified atom stereocenters. The standard InChI is InChI=1S/C29H26O8/c1-2-32-29-25(36-27(31)20-14-8-4-9-15-20)24(35-26(30)19-12-6-3-7-13-19)23-22(34-29)18-33-28(37-23)21-16-10-5-11-17-21/h2-17,22-25,28-29H,1,18H2/t22-,23-,24+,25-,28-,29-/m1/s1. The van der Waals surface area contributed by atoms with Gasteiger partial charge < -0.3 is 28.4 Å². The highest BCUT2D eigenvalue weighted by molar-refractivity contribution is 5.90. The SMILES string of the molecule is C=CO[C@@H]1O[C@@H]2CO[C@@H](c3ccccc3)O[C@H]2[C@H](OC(=O)c2ccccc2)[C@H]1OC(=O)c1ccccc1. The van der Waals surface area contributed by atoms with Crippen LogP contribution in [0.1, 0.15) is 32.6 Å². The maximum Gasteiger partial charge on any atom is 0.338 e. The predicted octanol–water partition coefficient (Wildman–Crippen LogP) is 4.44. The first kappa shape index (κ1) is 24.7. The highest BCUT2D eigenvalue weighted by atomic mass is 16.8. The van der Waals surface area contributed by atoms with E-state index in [1.807, 2.05) is 30.3 Å². The number of hydrogen-bond acceptors (Lipinski definition) is 8. The number of rotatable bonds is 7. The van der Waals surface area contributed by atoms with E-state index in [2.05, 4.69) is 6.58 Å². The Morgan fingerprint density at radius 2 is 1.30 bits per heavy atom. The third kappa shape index (κ3) is 5.56. The molecule has 8 heteroatoms. The highest BCUT2D eigenvalue weighted by Gasteiger charge is 2.54. The molecule has 37 heavy (non-hydrogen) atoms. The van der Waals surface area contributed by atoms with Crippen LogP contribution in [0.4, 0.5) is 0 Å². The van der Waals surface area contributed by atoms with Crippen LogP contribution < -0.4 is 0 Å². The first-order valence-corrected chi connectivity index (χ1v) is 11.9. The molecule has 5 rings (SSSR count). The van der Waals surface area contributed by atoms with E-state index in [4.69, 9.17) is 28.4 Å². The number of esters is 2. The highest BCUT2D eigenvalue weighted by Crippen LogP contribution is 2.37. The number of carbonyl (C=O) groups is 2. The molecule has 2 aliphatic heterocycles. The number of carbonyl (C=O) groups excluding carboxylic acids is 2. The van der Waals surface area contributed by atoms with Gasteiger partial charge >= 0.3 is 11.9 Å². The third-order valence-electron chi connectivity index (χ3n) is 6.09. The molecule has 2 fully saturated rings. The van der Waals surface area contributed by atoms with Crippen LogP contribution in [-0.2, 0) is 28.4 Å². The minimum Gasteiger partial charge on any atom is -0.469 e. The average Bonchev–Trinajstić information content (AvgIpc) is 2.96. The fraction of sp³-hybridized carbons (Fsp3) is 0.241. The van der Waals surface area contributed by atoms with Crippen LogP contribution in [0, 0.1) is 0 Å². The maximum absolute atomic E-state index is 13.2. The van der Waals surface area contributed by atoms with Gasteiger partial charge in [-0.05, 0) is 24.3 Å². The van der Waals surface area contributed by atoms with Crippen molar-refractivity contribution in [2.75, 3.05) is 6.61 Å². The molecule has 0 radical (unpaired) electrons. The van der Waals surface area contributed by atoms with Gasteiger partial charge in [0.2, 0.25) is 12.4 Å². The van der Waals surface area contributed by atoms with Gasteiger partial charge in [0.1, 0.15) is 12.2 Å². The van der Waals surface area contributed by atoms with Crippen molar-refractivity contribution in [3.8, 4) is 0 Å². The molecule has 3 aromatic rings. The quantitative estimate of drug-likeness (QED) is 0.346. The normalized spacial score (nSPS) is 26.8. The Kier molecular flexibility index (Phi) is 7.60. The van der Waals surface area contributed by atoms with Crippen LogP contribution in [0.3, 0.4) is 0 Å². The van der Waals surface area contributed by atoms with E-state index in [0.29, 0.717) is 11.1 Å². The molecule has 2 aliphatic rings. The summed E-state index contributed by atoms with van der Waals surface area (Å²) in [5.41, 5.74) is 1.45. The molecule has 0 aromatic heterocycles.